The zero-order valence-corrected chi connectivity index (χ0v) is 22.0. The first-order valence-corrected chi connectivity index (χ1v) is 13.9. The monoisotopic (exact) mass is 532 g/mol. The van der Waals surface area contributed by atoms with Gasteiger partial charge in [0.1, 0.15) is 0 Å². The van der Waals surface area contributed by atoms with Gasteiger partial charge in [-0.3, -0.25) is 4.79 Å². The zero-order valence-electron chi connectivity index (χ0n) is 19.5. The molecule has 0 fully saturated rings. The smallest absolute Gasteiger partial charge is 0.307 e. The minimum atomic E-state index is -0.876. The third-order valence-corrected chi connectivity index (χ3v) is 9.98. The van der Waals surface area contributed by atoms with E-state index in [0.29, 0.717) is 0 Å². The molecule has 0 spiro atoms. The second kappa shape index (κ2) is 10.5. The fourth-order valence-corrected chi connectivity index (χ4v) is 7.95. The molecule has 4 nitrogen and oxygen atoms in total. The van der Waals surface area contributed by atoms with Crippen molar-refractivity contribution in [3.63, 3.8) is 0 Å². The first kappa shape index (κ1) is 24.6. The Morgan fingerprint density at radius 2 is 1.19 bits per heavy atom. The number of benzene rings is 2. The van der Waals surface area contributed by atoms with Gasteiger partial charge < -0.3 is 15.3 Å². The molecule has 0 saturated carbocycles. The average Bonchev–Trinajstić information content (AvgIpc) is 3.62. The second-order valence-corrected chi connectivity index (χ2v) is 11.6. The summed E-state index contributed by atoms with van der Waals surface area (Å²) in [4.78, 5) is 18.0. The van der Waals surface area contributed by atoms with Crippen LogP contribution >= 0.6 is 34.0 Å². The van der Waals surface area contributed by atoms with E-state index in [9.17, 15) is 20.1 Å². The molecule has 182 valence electrons. The Hall–Kier alpha value is -3.07. The Labute approximate surface area is 221 Å². The van der Waals surface area contributed by atoms with E-state index in [1.165, 1.54) is 10.4 Å². The van der Waals surface area contributed by atoms with Gasteiger partial charge in [0.25, 0.3) is 0 Å². The number of carbonyl (C=O) groups is 1. The summed E-state index contributed by atoms with van der Waals surface area (Å²) in [6.45, 7) is 2.00. The largest absolute Gasteiger partial charge is 0.481 e. The molecule has 0 saturated heterocycles. The van der Waals surface area contributed by atoms with Crippen LogP contribution in [0.1, 0.15) is 22.3 Å². The van der Waals surface area contributed by atoms with Crippen molar-refractivity contribution in [3.05, 3.63) is 95.1 Å². The van der Waals surface area contributed by atoms with Crippen LogP contribution < -0.4 is 0 Å². The topological polar surface area (TPSA) is 77.8 Å². The Kier molecular flexibility index (Phi) is 7.18. The molecule has 0 aliphatic rings. The highest BCUT2D eigenvalue weighted by Crippen LogP contribution is 2.46. The van der Waals surface area contributed by atoms with Gasteiger partial charge in [0.05, 0.1) is 19.6 Å². The maximum atomic E-state index is 11.6. The molecule has 0 bridgehead atoms. The summed E-state index contributed by atoms with van der Waals surface area (Å²) in [6, 6.07) is 23.9. The lowest BCUT2D eigenvalue weighted by molar-refractivity contribution is -0.136. The van der Waals surface area contributed by atoms with E-state index in [1.54, 1.807) is 34.0 Å². The van der Waals surface area contributed by atoms with Crippen LogP contribution in [0.3, 0.4) is 0 Å². The molecule has 7 heteroatoms. The summed E-state index contributed by atoms with van der Waals surface area (Å²) in [5, 5.41) is 29.1. The van der Waals surface area contributed by atoms with Gasteiger partial charge in [0.2, 0.25) is 0 Å². The van der Waals surface area contributed by atoms with Gasteiger partial charge in [0, 0.05) is 29.3 Å². The zero-order chi connectivity index (χ0) is 25.2. The molecule has 2 aromatic carbocycles. The molecule has 0 aliphatic heterocycles. The minimum Gasteiger partial charge on any atom is -0.481 e. The molecule has 3 heterocycles. The second-order valence-electron chi connectivity index (χ2n) is 8.45. The highest BCUT2D eigenvalue weighted by molar-refractivity contribution is 7.28. The van der Waals surface area contributed by atoms with Gasteiger partial charge in [-0.1, -0.05) is 48.5 Å². The highest BCUT2D eigenvalue weighted by Gasteiger charge is 2.19. The number of carboxylic acids is 1. The maximum absolute atomic E-state index is 11.6. The minimum absolute atomic E-state index is 0.00476. The molecular formula is C29H24O4S3. The number of aliphatic hydroxyl groups excluding tert-OH is 2. The molecule has 0 unspecified atom stereocenters. The van der Waals surface area contributed by atoms with Gasteiger partial charge >= 0.3 is 5.97 Å². The summed E-state index contributed by atoms with van der Waals surface area (Å²) >= 11 is 4.97. The molecule has 36 heavy (non-hydrogen) atoms. The maximum Gasteiger partial charge on any atom is 0.307 e. The van der Waals surface area contributed by atoms with Crippen molar-refractivity contribution >= 4 is 40.0 Å². The van der Waals surface area contributed by atoms with Crippen LogP contribution in [0.5, 0.6) is 0 Å². The van der Waals surface area contributed by atoms with Gasteiger partial charge in [0.15, 0.2) is 0 Å². The van der Waals surface area contributed by atoms with E-state index in [1.807, 2.05) is 48.5 Å². The van der Waals surface area contributed by atoms with Crippen molar-refractivity contribution in [2.45, 2.75) is 26.6 Å². The van der Waals surface area contributed by atoms with Crippen LogP contribution in [0.25, 0.3) is 40.4 Å². The molecule has 0 radical (unpaired) electrons. The predicted octanol–water partition coefficient (Wildman–Crippen LogP) is 7.46. The van der Waals surface area contributed by atoms with Crippen molar-refractivity contribution in [1.82, 2.24) is 0 Å². The summed E-state index contributed by atoms with van der Waals surface area (Å²) < 4.78 is 0. The molecule has 3 aromatic heterocycles. The highest BCUT2D eigenvalue weighted by atomic mass is 32.1. The number of hydrogen-bond donors (Lipinski definition) is 3. The van der Waals surface area contributed by atoms with Crippen LogP contribution in [0, 0.1) is 6.92 Å². The first-order valence-electron chi connectivity index (χ1n) is 11.4. The molecule has 5 rings (SSSR count). The summed E-state index contributed by atoms with van der Waals surface area (Å²) in [6.07, 6.45) is -0.0679. The van der Waals surface area contributed by atoms with Crippen LogP contribution in [0.15, 0.2) is 72.8 Å². The number of aryl methyl sites for hydroxylation is 1. The number of aliphatic hydroxyl groups is 2. The van der Waals surface area contributed by atoms with E-state index in [-0.39, 0.29) is 19.6 Å². The predicted molar refractivity (Wildman–Crippen MR) is 150 cm³/mol. The number of thiophene rings is 3. The van der Waals surface area contributed by atoms with Gasteiger partial charge in [-0.2, -0.15) is 0 Å². The third-order valence-electron chi connectivity index (χ3n) is 6.02. The fraction of sp³-hybridized carbons (Fsp3) is 0.138. The van der Waals surface area contributed by atoms with E-state index < -0.39 is 5.97 Å². The van der Waals surface area contributed by atoms with E-state index >= 15 is 0 Å². The molecule has 5 aromatic rings. The summed E-state index contributed by atoms with van der Waals surface area (Å²) in [5.74, 6) is -0.876. The summed E-state index contributed by atoms with van der Waals surface area (Å²) in [5.41, 5.74) is 5.58. The third kappa shape index (κ3) is 4.81. The number of rotatable bonds is 8. The van der Waals surface area contributed by atoms with Crippen LogP contribution in [0.2, 0.25) is 0 Å². The molecule has 0 atom stereocenters. The lowest BCUT2D eigenvalue weighted by atomic mass is 10.0. The van der Waals surface area contributed by atoms with Crippen LogP contribution in [0.4, 0.5) is 0 Å². The van der Waals surface area contributed by atoms with Crippen molar-refractivity contribution in [2.75, 3.05) is 0 Å². The Morgan fingerprint density at radius 1 is 0.667 bits per heavy atom. The van der Waals surface area contributed by atoms with Gasteiger partial charge in [-0.25, -0.2) is 0 Å². The number of aliphatic carboxylic acids is 1. The standard InChI is InChI=1S/C29H24O4S3/c1-17-12-25(35-28(17)21-8-4-2-6-18(21)15-30)23-10-11-24(34-23)26-13-20(14-27(32)33)29(36-26)22-9-5-3-7-19(22)16-31/h2-13,30-31H,14-16H2,1H3,(H,32,33). The molecule has 0 aliphatic carbocycles. The molecular weight excluding hydrogens is 509 g/mol. The normalized spacial score (nSPS) is 11.2. The van der Waals surface area contributed by atoms with Crippen molar-refractivity contribution in [3.8, 4) is 40.4 Å². The van der Waals surface area contributed by atoms with Crippen molar-refractivity contribution < 1.29 is 20.1 Å². The Balaban J connectivity index is 1.52. The van der Waals surface area contributed by atoms with E-state index in [4.69, 9.17) is 0 Å². The van der Waals surface area contributed by atoms with Crippen LogP contribution in [-0.4, -0.2) is 21.3 Å². The Bertz CT molecular complexity index is 1540. The van der Waals surface area contributed by atoms with Gasteiger partial charge in [-0.15, -0.1) is 34.0 Å². The van der Waals surface area contributed by atoms with Crippen molar-refractivity contribution in [2.24, 2.45) is 0 Å². The lowest BCUT2D eigenvalue weighted by Crippen LogP contribution is -2.00. The summed E-state index contributed by atoms with van der Waals surface area (Å²) in [7, 11) is 0. The number of carboxylic acid groups (broad SMARTS) is 1. The van der Waals surface area contributed by atoms with Crippen LogP contribution in [-0.2, 0) is 24.4 Å². The van der Waals surface area contributed by atoms with E-state index in [2.05, 4.69) is 31.2 Å². The lowest BCUT2D eigenvalue weighted by Gasteiger charge is -2.07. The van der Waals surface area contributed by atoms with E-state index in [0.717, 1.165) is 52.2 Å². The van der Waals surface area contributed by atoms with Crippen molar-refractivity contribution in [1.29, 1.82) is 0 Å². The van der Waals surface area contributed by atoms with Gasteiger partial charge in [-0.05, 0) is 64.6 Å². The Morgan fingerprint density at radius 3 is 1.78 bits per heavy atom. The first-order chi connectivity index (χ1) is 17.5. The fourth-order valence-electron chi connectivity index (χ4n) is 4.31. The SMILES string of the molecule is Cc1cc(-c2ccc(-c3cc(CC(=O)O)c(-c4ccccc4CO)s3)s2)sc1-c1ccccc1CO. The average molecular weight is 533 g/mol. The molecule has 3 N–H and O–H groups in total. The quantitative estimate of drug-likeness (QED) is 0.194. The number of hydrogen-bond acceptors (Lipinski definition) is 6. The molecule has 0 amide bonds.